The summed E-state index contributed by atoms with van der Waals surface area (Å²) in [7, 11) is 4.73. The third kappa shape index (κ3) is 5.51. The molecule has 2 aromatic rings. The molecule has 0 saturated carbocycles. The summed E-state index contributed by atoms with van der Waals surface area (Å²) in [4.78, 5) is 14.5. The zero-order valence-electron chi connectivity index (χ0n) is 16.2. The summed E-state index contributed by atoms with van der Waals surface area (Å²) in [5, 5.41) is 0. The monoisotopic (exact) mass is 369 g/mol. The van der Waals surface area contributed by atoms with Crippen molar-refractivity contribution in [2.24, 2.45) is 0 Å². The summed E-state index contributed by atoms with van der Waals surface area (Å²) in [6, 6.07) is 13.7. The van der Waals surface area contributed by atoms with Gasteiger partial charge in [0.05, 0.1) is 21.3 Å². The maximum absolute atomic E-state index is 12.7. The summed E-state index contributed by atoms with van der Waals surface area (Å²) in [6.45, 7) is 4.85. The summed E-state index contributed by atoms with van der Waals surface area (Å²) < 4.78 is 16.1. The van der Waals surface area contributed by atoms with Crippen molar-refractivity contribution in [3.8, 4) is 17.2 Å². The molecule has 0 fully saturated rings. The molecule has 0 aliphatic carbocycles. The highest BCUT2D eigenvalue weighted by atomic mass is 16.5. The van der Waals surface area contributed by atoms with Crippen LogP contribution < -0.4 is 14.2 Å². The van der Waals surface area contributed by atoms with Gasteiger partial charge in [-0.25, -0.2) is 0 Å². The standard InChI is InChI=1S/C22H27NO4/c1-5-13-23(16-17-9-7-6-8-10-17)21(24)12-11-18-14-19(25-2)22(27-4)20(15-18)26-3/h5-10,14-15H,1,11-13,16H2,2-4H3. The summed E-state index contributed by atoms with van der Waals surface area (Å²) >= 11 is 0. The first kappa shape index (κ1) is 20.4. The second kappa shape index (κ2) is 10.3. The van der Waals surface area contributed by atoms with Crippen molar-refractivity contribution in [3.05, 3.63) is 66.2 Å². The molecule has 0 aliphatic rings. The van der Waals surface area contributed by atoms with Crippen LogP contribution in [0.4, 0.5) is 0 Å². The third-order valence-corrected chi connectivity index (χ3v) is 4.27. The van der Waals surface area contributed by atoms with Crippen molar-refractivity contribution in [2.45, 2.75) is 19.4 Å². The minimum Gasteiger partial charge on any atom is -0.493 e. The second-order valence-electron chi connectivity index (χ2n) is 6.08. The molecule has 0 atom stereocenters. The highest BCUT2D eigenvalue weighted by Gasteiger charge is 2.16. The van der Waals surface area contributed by atoms with Crippen LogP contribution in [0.1, 0.15) is 17.5 Å². The summed E-state index contributed by atoms with van der Waals surface area (Å²) in [5.41, 5.74) is 2.05. The van der Waals surface area contributed by atoms with Gasteiger partial charge < -0.3 is 19.1 Å². The highest BCUT2D eigenvalue weighted by molar-refractivity contribution is 5.76. The van der Waals surface area contributed by atoms with Gasteiger partial charge in [0.2, 0.25) is 11.7 Å². The largest absolute Gasteiger partial charge is 0.493 e. The number of hydrogen-bond donors (Lipinski definition) is 0. The number of ether oxygens (including phenoxy) is 3. The van der Waals surface area contributed by atoms with Gasteiger partial charge in [-0.3, -0.25) is 4.79 Å². The molecule has 0 radical (unpaired) electrons. The fraction of sp³-hybridized carbons (Fsp3) is 0.318. The van der Waals surface area contributed by atoms with E-state index < -0.39 is 0 Å². The quantitative estimate of drug-likeness (QED) is 0.597. The maximum Gasteiger partial charge on any atom is 0.223 e. The van der Waals surface area contributed by atoms with E-state index in [-0.39, 0.29) is 5.91 Å². The Morgan fingerprint density at radius 3 is 2.15 bits per heavy atom. The van der Waals surface area contributed by atoms with E-state index in [0.29, 0.717) is 43.2 Å². The van der Waals surface area contributed by atoms with Crippen LogP contribution in [0, 0.1) is 0 Å². The molecule has 1 amide bonds. The van der Waals surface area contributed by atoms with Crippen molar-refractivity contribution in [3.63, 3.8) is 0 Å². The van der Waals surface area contributed by atoms with E-state index in [9.17, 15) is 4.79 Å². The van der Waals surface area contributed by atoms with E-state index in [4.69, 9.17) is 14.2 Å². The van der Waals surface area contributed by atoms with Crippen molar-refractivity contribution < 1.29 is 19.0 Å². The SMILES string of the molecule is C=CCN(Cc1ccccc1)C(=O)CCc1cc(OC)c(OC)c(OC)c1. The Morgan fingerprint density at radius 1 is 1.00 bits per heavy atom. The van der Waals surface area contributed by atoms with Crippen LogP contribution in [0.25, 0.3) is 0 Å². The second-order valence-corrected chi connectivity index (χ2v) is 6.08. The van der Waals surface area contributed by atoms with Crippen LogP contribution in [0.5, 0.6) is 17.2 Å². The Bertz CT molecular complexity index is 733. The number of amides is 1. The topological polar surface area (TPSA) is 48.0 Å². The molecule has 0 spiro atoms. The molecule has 27 heavy (non-hydrogen) atoms. The number of nitrogens with zero attached hydrogens (tertiary/aromatic N) is 1. The number of carbonyl (C=O) groups is 1. The van der Waals surface area contributed by atoms with Crippen LogP contribution >= 0.6 is 0 Å². The molecule has 0 heterocycles. The van der Waals surface area contributed by atoms with Crippen molar-refractivity contribution >= 4 is 5.91 Å². The molecule has 0 aromatic heterocycles. The first-order valence-corrected chi connectivity index (χ1v) is 8.84. The van der Waals surface area contributed by atoms with Gasteiger partial charge in [0.25, 0.3) is 0 Å². The van der Waals surface area contributed by atoms with Crippen LogP contribution in [-0.2, 0) is 17.8 Å². The van der Waals surface area contributed by atoms with E-state index in [1.807, 2.05) is 42.5 Å². The molecular formula is C22H27NO4. The van der Waals surface area contributed by atoms with Crippen LogP contribution in [-0.4, -0.2) is 38.7 Å². The zero-order chi connectivity index (χ0) is 19.6. The van der Waals surface area contributed by atoms with Crippen LogP contribution in [0.15, 0.2) is 55.1 Å². The molecule has 2 rings (SSSR count). The van der Waals surface area contributed by atoms with Gasteiger partial charge in [-0.2, -0.15) is 0 Å². The average Bonchev–Trinajstić information content (AvgIpc) is 2.71. The van der Waals surface area contributed by atoms with E-state index in [1.54, 1.807) is 32.3 Å². The lowest BCUT2D eigenvalue weighted by atomic mass is 10.1. The van der Waals surface area contributed by atoms with Crippen LogP contribution in [0.3, 0.4) is 0 Å². The average molecular weight is 369 g/mol. The fourth-order valence-corrected chi connectivity index (χ4v) is 2.90. The van der Waals surface area contributed by atoms with E-state index >= 15 is 0 Å². The minimum atomic E-state index is 0.0764. The Labute approximate surface area is 161 Å². The molecular weight excluding hydrogens is 342 g/mol. The van der Waals surface area contributed by atoms with Gasteiger partial charge >= 0.3 is 0 Å². The van der Waals surface area contributed by atoms with Gasteiger partial charge in [-0.05, 0) is 29.7 Å². The molecule has 5 nitrogen and oxygen atoms in total. The van der Waals surface area contributed by atoms with Crippen LogP contribution in [0.2, 0.25) is 0 Å². The predicted octanol–water partition coefficient (Wildman–Crippen LogP) is 3.86. The lowest BCUT2D eigenvalue weighted by molar-refractivity contribution is -0.131. The first-order chi connectivity index (χ1) is 13.1. The number of hydrogen-bond acceptors (Lipinski definition) is 4. The Balaban J connectivity index is 2.09. The zero-order valence-corrected chi connectivity index (χ0v) is 16.2. The van der Waals surface area contributed by atoms with Gasteiger partial charge in [-0.1, -0.05) is 36.4 Å². The third-order valence-electron chi connectivity index (χ3n) is 4.27. The van der Waals surface area contributed by atoms with Crippen molar-refractivity contribution in [1.82, 2.24) is 4.90 Å². The normalized spacial score (nSPS) is 10.2. The van der Waals surface area contributed by atoms with Crippen molar-refractivity contribution in [2.75, 3.05) is 27.9 Å². The molecule has 144 valence electrons. The number of aryl methyl sites for hydroxylation is 1. The number of rotatable bonds is 10. The Morgan fingerprint density at radius 2 is 1.63 bits per heavy atom. The van der Waals surface area contributed by atoms with Gasteiger partial charge in [-0.15, -0.1) is 6.58 Å². The molecule has 0 aliphatic heterocycles. The lowest BCUT2D eigenvalue weighted by Gasteiger charge is -2.21. The number of carbonyl (C=O) groups excluding carboxylic acids is 1. The molecule has 0 N–H and O–H groups in total. The highest BCUT2D eigenvalue weighted by Crippen LogP contribution is 2.38. The van der Waals surface area contributed by atoms with Gasteiger partial charge in [0.15, 0.2) is 11.5 Å². The lowest BCUT2D eigenvalue weighted by Crippen LogP contribution is -2.30. The molecule has 5 heteroatoms. The summed E-state index contributed by atoms with van der Waals surface area (Å²) in [6.07, 6.45) is 2.72. The fourth-order valence-electron chi connectivity index (χ4n) is 2.90. The molecule has 0 bridgehead atoms. The van der Waals surface area contributed by atoms with E-state index in [1.165, 1.54) is 0 Å². The first-order valence-electron chi connectivity index (χ1n) is 8.84. The Kier molecular flexibility index (Phi) is 7.74. The number of benzene rings is 2. The van der Waals surface area contributed by atoms with E-state index in [2.05, 4.69) is 6.58 Å². The van der Waals surface area contributed by atoms with Gasteiger partial charge in [0, 0.05) is 19.5 Å². The maximum atomic E-state index is 12.7. The van der Waals surface area contributed by atoms with E-state index in [0.717, 1.165) is 11.1 Å². The molecule has 0 unspecified atom stereocenters. The number of methoxy groups -OCH3 is 3. The molecule has 0 saturated heterocycles. The minimum absolute atomic E-state index is 0.0764. The van der Waals surface area contributed by atoms with Crippen molar-refractivity contribution in [1.29, 1.82) is 0 Å². The van der Waals surface area contributed by atoms with Gasteiger partial charge in [0.1, 0.15) is 0 Å². The smallest absolute Gasteiger partial charge is 0.223 e. The summed E-state index contributed by atoms with van der Waals surface area (Å²) in [5.74, 6) is 1.80. The predicted molar refractivity (Wildman–Crippen MR) is 106 cm³/mol. The Hall–Kier alpha value is -2.95. The molecule has 2 aromatic carbocycles.